The van der Waals surface area contributed by atoms with E-state index in [1.54, 1.807) is 11.3 Å². The molecule has 1 aliphatic heterocycles. The summed E-state index contributed by atoms with van der Waals surface area (Å²) in [7, 11) is 0. The number of rotatable bonds is 3. The fraction of sp³-hybridized carbons (Fsp3) is 0.667. The number of carbonyl (C=O) groups is 1. The number of carbonyl (C=O) groups excluding carboxylic acids is 1. The number of hydrogen-bond donors (Lipinski definition) is 0. The molecule has 1 fully saturated rings. The molecule has 4 nitrogen and oxygen atoms in total. The summed E-state index contributed by atoms with van der Waals surface area (Å²) in [6.07, 6.45) is 1.81. The largest absolute Gasteiger partial charge is 0.345 e. The van der Waals surface area contributed by atoms with Gasteiger partial charge in [0.2, 0.25) is 5.91 Å². The lowest BCUT2D eigenvalue weighted by Crippen LogP contribution is -2.52. The molecule has 0 N–H and O–H groups in total. The third-order valence-electron chi connectivity index (χ3n) is 3.17. The summed E-state index contributed by atoms with van der Waals surface area (Å²) in [6.45, 7) is 6.98. The average Bonchev–Trinajstić information content (AvgIpc) is 2.92. The topological polar surface area (TPSA) is 36.4 Å². The maximum Gasteiger partial charge on any atom is 0.229 e. The lowest BCUT2D eigenvalue weighted by atomic mass is 9.94. The van der Waals surface area contributed by atoms with E-state index in [2.05, 4.69) is 9.88 Å². The summed E-state index contributed by atoms with van der Waals surface area (Å²) < 4.78 is 0. The lowest BCUT2D eigenvalue weighted by molar-refractivity contribution is -0.139. The molecule has 1 saturated heterocycles. The molecule has 1 aliphatic rings. The zero-order valence-electron chi connectivity index (χ0n) is 10.7. The van der Waals surface area contributed by atoms with Gasteiger partial charge in [-0.3, -0.25) is 4.79 Å². The molecule has 2 heterocycles. The van der Waals surface area contributed by atoms with Gasteiger partial charge in [-0.15, -0.1) is 22.9 Å². The van der Waals surface area contributed by atoms with Crippen LogP contribution in [0.1, 0.15) is 13.8 Å². The Morgan fingerprint density at radius 1 is 1.44 bits per heavy atom. The maximum absolute atomic E-state index is 12.3. The minimum absolute atomic E-state index is 0.149. The van der Waals surface area contributed by atoms with Crippen LogP contribution in [0.3, 0.4) is 0 Å². The molecule has 0 bridgehead atoms. The van der Waals surface area contributed by atoms with Gasteiger partial charge >= 0.3 is 0 Å². The Balaban J connectivity index is 1.93. The Kier molecular flexibility index (Phi) is 4.12. The first-order chi connectivity index (χ1) is 8.54. The summed E-state index contributed by atoms with van der Waals surface area (Å²) in [5.74, 6) is 0.509. The van der Waals surface area contributed by atoms with Crippen LogP contribution in [0.4, 0.5) is 5.13 Å². The molecule has 0 saturated carbocycles. The highest BCUT2D eigenvalue weighted by Crippen LogP contribution is 2.23. The summed E-state index contributed by atoms with van der Waals surface area (Å²) in [5.41, 5.74) is -0.467. The van der Waals surface area contributed by atoms with Gasteiger partial charge < -0.3 is 9.80 Å². The minimum Gasteiger partial charge on any atom is -0.345 e. The molecular weight excluding hydrogens is 270 g/mol. The van der Waals surface area contributed by atoms with Crippen LogP contribution in [0, 0.1) is 5.41 Å². The standard InChI is InChI=1S/C12H18ClN3OS/c1-12(2,9-13)10(17)15-4-6-16(7-5-15)11-14-3-8-18-11/h3,8H,4-7,9H2,1-2H3. The number of hydrogen-bond acceptors (Lipinski definition) is 4. The van der Waals surface area contributed by atoms with E-state index in [9.17, 15) is 4.79 Å². The Labute approximate surface area is 117 Å². The van der Waals surface area contributed by atoms with Crippen LogP contribution < -0.4 is 4.90 Å². The van der Waals surface area contributed by atoms with E-state index in [1.165, 1.54) is 0 Å². The Morgan fingerprint density at radius 2 is 2.11 bits per heavy atom. The molecule has 1 amide bonds. The van der Waals surface area contributed by atoms with Crippen molar-refractivity contribution >= 4 is 34.0 Å². The molecule has 100 valence electrons. The fourth-order valence-electron chi connectivity index (χ4n) is 1.96. The van der Waals surface area contributed by atoms with Gasteiger partial charge in [0.1, 0.15) is 0 Å². The number of piperazine rings is 1. The summed E-state index contributed by atoms with van der Waals surface area (Å²) >= 11 is 7.49. The monoisotopic (exact) mass is 287 g/mol. The van der Waals surface area contributed by atoms with E-state index in [-0.39, 0.29) is 5.91 Å². The lowest BCUT2D eigenvalue weighted by Gasteiger charge is -2.38. The number of alkyl halides is 1. The zero-order valence-corrected chi connectivity index (χ0v) is 12.3. The molecule has 0 aromatic carbocycles. The molecule has 0 atom stereocenters. The van der Waals surface area contributed by atoms with Gasteiger partial charge in [-0.05, 0) is 13.8 Å². The number of aromatic nitrogens is 1. The second-order valence-electron chi connectivity index (χ2n) is 5.11. The van der Waals surface area contributed by atoms with E-state index in [1.807, 2.05) is 30.3 Å². The summed E-state index contributed by atoms with van der Waals surface area (Å²) in [6, 6.07) is 0. The van der Waals surface area contributed by atoms with E-state index in [0.717, 1.165) is 31.3 Å². The molecule has 1 aromatic rings. The Bertz CT molecular complexity index is 399. The first-order valence-corrected chi connectivity index (χ1v) is 7.46. The van der Waals surface area contributed by atoms with Crippen LogP contribution in [0.25, 0.3) is 0 Å². The molecule has 0 radical (unpaired) electrons. The van der Waals surface area contributed by atoms with Gasteiger partial charge in [0.05, 0.1) is 5.41 Å². The second kappa shape index (κ2) is 5.45. The molecule has 0 aliphatic carbocycles. The normalized spacial score (nSPS) is 17.1. The molecular formula is C12H18ClN3OS. The minimum atomic E-state index is -0.467. The number of halogens is 1. The van der Waals surface area contributed by atoms with Crippen LogP contribution in [-0.2, 0) is 4.79 Å². The maximum atomic E-state index is 12.3. The zero-order chi connectivity index (χ0) is 13.2. The van der Waals surface area contributed by atoms with Gasteiger partial charge in [-0.25, -0.2) is 4.98 Å². The smallest absolute Gasteiger partial charge is 0.229 e. The van der Waals surface area contributed by atoms with Crippen molar-refractivity contribution in [2.45, 2.75) is 13.8 Å². The van der Waals surface area contributed by atoms with Crippen molar-refractivity contribution in [1.29, 1.82) is 0 Å². The van der Waals surface area contributed by atoms with Crippen molar-refractivity contribution in [2.75, 3.05) is 37.0 Å². The SMILES string of the molecule is CC(C)(CCl)C(=O)N1CCN(c2nccs2)CC1. The van der Waals surface area contributed by atoms with E-state index in [4.69, 9.17) is 11.6 Å². The number of anilines is 1. The predicted molar refractivity (Wildman–Crippen MR) is 75.4 cm³/mol. The molecule has 0 unspecified atom stereocenters. The second-order valence-corrected chi connectivity index (χ2v) is 6.25. The van der Waals surface area contributed by atoms with Gasteiger partial charge in [-0.1, -0.05) is 0 Å². The molecule has 1 aromatic heterocycles. The van der Waals surface area contributed by atoms with Crippen molar-refractivity contribution in [3.8, 4) is 0 Å². The molecule has 2 rings (SSSR count). The Morgan fingerprint density at radius 3 is 2.61 bits per heavy atom. The van der Waals surface area contributed by atoms with Crippen LogP contribution >= 0.6 is 22.9 Å². The van der Waals surface area contributed by atoms with Crippen LogP contribution in [0.15, 0.2) is 11.6 Å². The first kappa shape index (κ1) is 13.6. The van der Waals surface area contributed by atoms with Crippen LogP contribution in [-0.4, -0.2) is 47.9 Å². The van der Waals surface area contributed by atoms with Gasteiger partial charge in [-0.2, -0.15) is 0 Å². The number of thiazole rings is 1. The highest BCUT2D eigenvalue weighted by molar-refractivity contribution is 7.13. The molecule has 18 heavy (non-hydrogen) atoms. The summed E-state index contributed by atoms with van der Waals surface area (Å²) in [4.78, 5) is 20.7. The number of nitrogens with zero attached hydrogens (tertiary/aromatic N) is 3. The van der Waals surface area contributed by atoms with Crippen molar-refractivity contribution in [1.82, 2.24) is 9.88 Å². The third kappa shape index (κ3) is 2.78. The van der Waals surface area contributed by atoms with Crippen LogP contribution in [0.5, 0.6) is 0 Å². The molecule has 0 spiro atoms. The quantitative estimate of drug-likeness (QED) is 0.799. The first-order valence-electron chi connectivity index (χ1n) is 6.04. The average molecular weight is 288 g/mol. The van der Waals surface area contributed by atoms with Crippen molar-refractivity contribution in [2.24, 2.45) is 5.41 Å². The van der Waals surface area contributed by atoms with Crippen molar-refractivity contribution < 1.29 is 4.79 Å². The fourth-order valence-corrected chi connectivity index (χ4v) is 2.77. The molecule has 6 heteroatoms. The van der Waals surface area contributed by atoms with Gasteiger partial charge in [0.15, 0.2) is 5.13 Å². The number of amides is 1. The van der Waals surface area contributed by atoms with Crippen molar-refractivity contribution in [3.05, 3.63) is 11.6 Å². The predicted octanol–water partition coefficient (Wildman–Crippen LogP) is 2.06. The highest BCUT2D eigenvalue weighted by atomic mass is 35.5. The van der Waals surface area contributed by atoms with E-state index in [0.29, 0.717) is 5.88 Å². The highest BCUT2D eigenvalue weighted by Gasteiger charge is 2.33. The van der Waals surface area contributed by atoms with E-state index < -0.39 is 5.41 Å². The van der Waals surface area contributed by atoms with Crippen molar-refractivity contribution in [3.63, 3.8) is 0 Å². The third-order valence-corrected chi connectivity index (χ3v) is 4.67. The summed E-state index contributed by atoms with van der Waals surface area (Å²) in [5, 5.41) is 3.02. The van der Waals surface area contributed by atoms with E-state index >= 15 is 0 Å². The van der Waals surface area contributed by atoms with Gasteiger partial charge in [0, 0.05) is 43.6 Å². The van der Waals surface area contributed by atoms with Crippen LogP contribution in [0.2, 0.25) is 0 Å². The Hall–Kier alpha value is -0.810. The van der Waals surface area contributed by atoms with Gasteiger partial charge in [0.25, 0.3) is 0 Å².